The van der Waals surface area contributed by atoms with Crippen LogP contribution in [0.2, 0.25) is 0 Å². The first kappa shape index (κ1) is 23.8. The second kappa shape index (κ2) is 10.3. The van der Waals surface area contributed by atoms with Crippen molar-refractivity contribution in [3.63, 3.8) is 0 Å². The number of nitrogens with one attached hydrogen (secondary N) is 2. The summed E-state index contributed by atoms with van der Waals surface area (Å²) in [7, 11) is -2.18. The van der Waals surface area contributed by atoms with Gasteiger partial charge in [0.15, 0.2) is 0 Å². The van der Waals surface area contributed by atoms with E-state index in [9.17, 15) is 13.5 Å². The van der Waals surface area contributed by atoms with Gasteiger partial charge in [0.2, 0.25) is 10.0 Å². The van der Waals surface area contributed by atoms with Crippen molar-refractivity contribution in [1.29, 1.82) is 0 Å². The highest BCUT2D eigenvalue weighted by Gasteiger charge is 2.42. The van der Waals surface area contributed by atoms with Gasteiger partial charge in [-0.1, -0.05) is 6.07 Å². The van der Waals surface area contributed by atoms with Crippen LogP contribution in [0.5, 0.6) is 5.75 Å². The summed E-state index contributed by atoms with van der Waals surface area (Å²) in [5.41, 5.74) is -0.128. The number of anilines is 1. The minimum atomic E-state index is -3.54. The molecule has 0 aliphatic carbocycles. The monoisotopic (exact) mass is 477 g/mol. The lowest BCUT2D eigenvalue weighted by Gasteiger charge is -2.39. The van der Waals surface area contributed by atoms with Gasteiger partial charge in [-0.3, -0.25) is 4.98 Å². The van der Waals surface area contributed by atoms with Crippen LogP contribution in [0.15, 0.2) is 47.8 Å². The first-order chi connectivity index (χ1) is 15.9. The molecule has 11 heteroatoms. The predicted molar refractivity (Wildman–Crippen MR) is 123 cm³/mol. The van der Waals surface area contributed by atoms with Crippen LogP contribution in [0, 0.1) is 0 Å². The molecule has 0 unspecified atom stereocenters. The maximum Gasteiger partial charge on any atom is 0.240 e. The summed E-state index contributed by atoms with van der Waals surface area (Å²) in [5, 5.41) is 13.7. The van der Waals surface area contributed by atoms with Crippen LogP contribution >= 0.6 is 0 Å². The summed E-state index contributed by atoms with van der Waals surface area (Å²) >= 11 is 0. The Morgan fingerprint density at radius 2 is 2.15 bits per heavy atom. The Morgan fingerprint density at radius 3 is 2.88 bits per heavy atom. The lowest BCUT2D eigenvalue weighted by Crippen LogP contribution is -2.45. The third-order valence-corrected chi connectivity index (χ3v) is 7.64. The normalized spacial score (nSPS) is 21.3. The quantitative estimate of drug-likeness (QED) is 0.474. The molecule has 2 atom stereocenters. The highest BCUT2D eigenvalue weighted by atomic mass is 32.2. The van der Waals surface area contributed by atoms with E-state index in [1.165, 1.54) is 19.2 Å². The topological polar surface area (TPSA) is 126 Å². The number of hydrogen-bond donors (Lipinski definition) is 3. The second-order valence-electron chi connectivity index (χ2n) is 8.50. The van der Waals surface area contributed by atoms with Gasteiger partial charge in [0, 0.05) is 44.1 Å². The van der Waals surface area contributed by atoms with Crippen LogP contribution in [0.1, 0.15) is 19.3 Å². The van der Waals surface area contributed by atoms with E-state index >= 15 is 0 Å². The second-order valence-corrected chi connectivity index (χ2v) is 10.4. The fourth-order valence-electron chi connectivity index (χ4n) is 4.32. The summed E-state index contributed by atoms with van der Waals surface area (Å²) in [4.78, 5) is 10.9. The highest BCUT2D eigenvalue weighted by molar-refractivity contribution is 7.89. The lowest BCUT2D eigenvalue weighted by molar-refractivity contribution is -0.0151. The summed E-state index contributed by atoms with van der Waals surface area (Å²) in [6.07, 6.45) is 7.21. The van der Waals surface area contributed by atoms with Gasteiger partial charge in [0.1, 0.15) is 24.3 Å². The molecule has 0 bridgehead atoms. The van der Waals surface area contributed by atoms with Crippen LogP contribution in [0.25, 0.3) is 0 Å². The van der Waals surface area contributed by atoms with E-state index in [0.29, 0.717) is 18.9 Å². The molecule has 180 valence electrons. The number of benzene rings is 1. The Kier molecular flexibility index (Phi) is 7.45. The van der Waals surface area contributed by atoms with Crippen molar-refractivity contribution in [2.75, 3.05) is 44.8 Å². The Morgan fingerprint density at radius 1 is 1.33 bits per heavy atom. The SMILES string of the molecule is CNS(=O)(=O)c1cccc(OC[C@@H](O)CN[C@H]2COC3(CCN(c4cnccn4)CC3)C2)c1. The van der Waals surface area contributed by atoms with Crippen LogP contribution in [0.3, 0.4) is 0 Å². The molecule has 3 heterocycles. The van der Waals surface area contributed by atoms with E-state index in [0.717, 1.165) is 38.2 Å². The first-order valence-electron chi connectivity index (χ1n) is 11.1. The molecule has 1 spiro atoms. The Bertz CT molecular complexity index is 1010. The molecule has 2 aromatic rings. The van der Waals surface area contributed by atoms with Crippen molar-refractivity contribution in [2.24, 2.45) is 0 Å². The number of sulfonamides is 1. The summed E-state index contributed by atoms with van der Waals surface area (Å²) in [5.74, 6) is 1.29. The molecular formula is C22H31N5O5S. The largest absolute Gasteiger partial charge is 0.491 e. The van der Waals surface area contributed by atoms with Gasteiger partial charge in [-0.15, -0.1) is 0 Å². The molecule has 2 saturated heterocycles. The molecule has 3 N–H and O–H groups in total. The lowest BCUT2D eigenvalue weighted by atomic mass is 9.87. The van der Waals surface area contributed by atoms with Crippen molar-refractivity contribution in [3.05, 3.63) is 42.9 Å². The van der Waals surface area contributed by atoms with Crippen LogP contribution in [-0.4, -0.2) is 81.1 Å². The molecule has 10 nitrogen and oxygen atoms in total. The molecule has 0 saturated carbocycles. The zero-order chi connectivity index (χ0) is 23.3. The van der Waals surface area contributed by atoms with Gasteiger partial charge >= 0.3 is 0 Å². The molecule has 1 aromatic carbocycles. The molecule has 33 heavy (non-hydrogen) atoms. The van der Waals surface area contributed by atoms with E-state index < -0.39 is 16.1 Å². The van der Waals surface area contributed by atoms with E-state index in [4.69, 9.17) is 9.47 Å². The number of piperidine rings is 1. The van der Waals surface area contributed by atoms with Crippen molar-refractivity contribution in [1.82, 2.24) is 20.0 Å². The van der Waals surface area contributed by atoms with Crippen LogP contribution in [-0.2, 0) is 14.8 Å². The molecule has 1 aromatic heterocycles. The Hall–Kier alpha value is -2.31. The number of nitrogens with zero attached hydrogens (tertiary/aromatic N) is 3. The summed E-state index contributed by atoms with van der Waals surface area (Å²) in [6, 6.07) is 6.37. The molecule has 2 fully saturated rings. The van der Waals surface area contributed by atoms with E-state index in [2.05, 4.69) is 24.9 Å². The smallest absolute Gasteiger partial charge is 0.240 e. The molecule has 0 amide bonds. The van der Waals surface area contributed by atoms with Crippen molar-refractivity contribution in [3.8, 4) is 5.75 Å². The predicted octanol–water partition coefficient (Wildman–Crippen LogP) is 0.542. The van der Waals surface area contributed by atoms with Crippen molar-refractivity contribution >= 4 is 15.8 Å². The Balaban J connectivity index is 1.20. The van der Waals surface area contributed by atoms with Gasteiger partial charge in [-0.25, -0.2) is 18.1 Å². The van der Waals surface area contributed by atoms with E-state index in [1.807, 2.05) is 0 Å². The molecule has 2 aliphatic heterocycles. The third-order valence-electron chi connectivity index (χ3n) is 6.23. The zero-order valence-electron chi connectivity index (χ0n) is 18.7. The number of aromatic nitrogens is 2. The summed E-state index contributed by atoms with van der Waals surface area (Å²) < 4.78 is 37.9. The number of rotatable bonds is 9. The fourth-order valence-corrected chi connectivity index (χ4v) is 5.09. The van der Waals surface area contributed by atoms with E-state index in [-0.39, 0.29) is 23.1 Å². The highest BCUT2D eigenvalue weighted by Crippen LogP contribution is 2.36. The zero-order valence-corrected chi connectivity index (χ0v) is 19.5. The van der Waals surface area contributed by atoms with Crippen LogP contribution < -0.4 is 19.7 Å². The van der Waals surface area contributed by atoms with Crippen molar-refractivity contribution < 1.29 is 23.0 Å². The standard InChI is InChI=1S/C22H31N5O5S/c1-23-33(29,30)20-4-2-3-19(11-20)31-16-18(28)13-26-17-12-22(32-15-17)5-9-27(10-6-22)21-14-24-7-8-25-21/h2-4,7-8,11,14,17-18,23,26,28H,5-6,9-10,12-13,15-16H2,1H3/t17-,18+/m1/s1. The van der Waals surface area contributed by atoms with E-state index in [1.54, 1.807) is 30.7 Å². The molecule has 4 rings (SSSR count). The number of hydrogen-bond acceptors (Lipinski definition) is 9. The third kappa shape index (κ3) is 5.98. The average Bonchev–Trinajstić information content (AvgIpc) is 3.25. The maximum atomic E-state index is 11.9. The van der Waals surface area contributed by atoms with Gasteiger partial charge in [-0.2, -0.15) is 0 Å². The molecule has 0 radical (unpaired) electrons. The molecular weight excluding hydrogens is 446 g/mol. The van der Waals surface area contributed by atoms with Gasteiger partial charge in [0.25, 0.3) is 0 Å². The van der Waals surface area contributed by atoms with Gasteiger partial charge < -0.3 is 24.8 Å². The Labute approximate surface area is 194 Å². The van der Waals surface area contributed by atoms with Gasteiger partial charge in [0.05, 0.1) is 23.3 Å². The number of ether oxygens (including phenoxy) is 2. The number of aliphatic hydroxyl groups excluding tert-OH is 1. The minimum absolute atomic E-state index is 0.0574. The number of aliphatic hydroxyl groups is 1. The average molecular weight is 478 g/mol. The van der Waals surface area contributed by atoms with Crippen LogP contribution in [0.4, 0.5) is 5.82 Å². The fraction of sp³-hybridized carbons (Fsp3) is 0.545. The molecule has 2 aliphatic rings. The first-order valence-corrected chi connectivity index (χ1v) is 12.6. The van der Waals surface area contributed by atoms with Crippen molar-refractivity contribution in [2.45, 2.75) is 41.9 Å². The minimum Gasteiger partial charge on any atom is -0.491 e. The summed E-state index contributed by atoms with van der Waals surface area (Å²) in [6.45, 7) is 2.79. The van der Waals surface area contributed by atoms with Gasteiger partial charge in [-0.05, 0) is 38.4 Å². The maximum absolute atomic E-state index is 11.9.